The van der Waals surface area contributed by atoms with Crippen LogP contribution in [0.2, 0.25) is 0 Å². The van der Waals surface area contributed by atoms with Crippen LogP contribution in [-0.4, -0.2) is 50.2 Å². The zero-order chi connectivity index (χ0) is 19.0. The highest BCUT2D eigenvalue weighted by molar-refractivity contribution is 7.89. The second-order valence-electron chi connectivity index (χ2n) is 5.97. The topological polar surface area (TPSA) is 94.8 Å². The van der Waals surface area contributed by atoms with Crippen molar-refractivity contribution in [3.05, 3.63) is 41.6 Å². The molecule has 0 radical (unpaired) electrons. The maximum Gasteiger partial charge on any atom is 0.243 e. The number of nitrogens with zero attached hydrogens (tertiary/aromatic N) is 3. The van der Waals surface area contributed by atoms with Gasteiger partial charge in [0.1, 0.15) is 0 Å². The summed E-state index contributed by atoms with van der Waals surface area (Å²) >= 11 is 1.52. The molecule has 1 fully saturated rings. The van der Waals surface area contributed by atoms with Crippen LogP contribution >= 0.6 is 11.3 Å². The van der Waals surface area contributed by atoms with Crippen LogP contribution < -0.4 is 9.47 Å². The normalized spacial score (nSPS) is 15.5. The van der Waals surface area contributed by atoms with Gasteiger partial charge in [0.2, 0.25) is 21.7 Å². The molecule has 1 aromatic carbocycles. The number of hydrogen-bond donors (Lipinski definition) is 0. The molecule has 0 aliphatic carbocycles. The van der Waals surface area contributed by atoms with E-state index in [9.17, 15) is 8.42 Å². The van der Waals surface area contributed by atoms with E-state index < -0.39 is 10.0 Å². The molecule has 1 aliphatic heterocycles. The molecule has 10 heteroatoms. The summed E-state index contributed by atoms with van der Waals surface area (Å²) in [7, 11) is -0.659. The van der Waals surface area contributed by atoms with Crippen LogP contribution in [0.4, 0.5) is 0 Å². The smallest absolute Gasteiger partial charge is 0.243 e. The quantitative estimate of drug-likeness (QED) is 0.620. The molecule has 1 aliphatic rings. The van der Waals surface area contributed by atoms with Crippen molar-refractivity contribution in [1.82, 2.24) is 14.4 Å². The monoisotopic (exact) mass is 407 g/mol. The Labute approximate surface area is 160 Å². The molecule has 0 bridgehead atoms. The highest BCUT2D eigenvalue weighted by Crippen LogP contribution is 2.35. The van der Waals surface area contributed by atoms with E-state index in [1.165, 1.54) is 42.0 Å². The molecule has 3 heterocycles. The van der Waals surface area contributed by atoms with E-state index in [1.807, 2.05) is 17.5 Å². The molecule has 0 spiro atoms. The Balaban J connectivity index is 1.49. The van der Waals surface area contributed by atoms with E-state index in [4.69, 9.17) is 14.0 Å². The minimum Gasteiger partial charge on any atom is -0.493 e. The summed E-state index contributed by atoms with van der Waals surface area (Å²) in [4.78, 5) is 5.46. The summed E-state index contributed by atoms with van der Waals surface area (Å²) in [6.45, 7) is 0.589. The first-order valence-corrected chi connectivity index (χ1v) is 10.4. The van der Waals surface area contributed by atoms with E-state index >= 15 is 0 Å². The maximum atomic E-state index is 12.8. The standard InChI is InChI=1S/C17H17N3O5S2/c1-23-13-6-5-12(8-14(13)24-2)27(21,22)20-9-11(10-20)17-18-16(19-25-17)15-4-3-7-26-15/h3-8,11H,9-10H2,1-2H3. The second-order valence-corrected chi connectivity index (χ2v) is 8.85. The molecule has 142 valence electrons. The zero-order valence-corrected chi connectivity index (χ0v) is 16.3. The fraction of sp³-hybridized carbons (Fsp3) is 0.294. The predicted octanol–water partition coefficient (Wildman–Crippen LogP) is 2.60. The first-order valence-electron chi connectivity index (χ1n) is 8.12. The largest absolute Gasteiger partial charge is 0.493 e. The van der Waals surface area contributed by atoms with Crippen molar-refractivity contribution < 1.29 is 22.4 Å². The minimum atomic E-state index is -3.63. The Morgan fingerprint density at radius 1 is 1.19 bits per heavy atom. The summed E-state index contributed by atoms with van der Waals surface area (Å²) in [6.07, 6.45) is 0. The second kappa shape index (κ2) is 6.95. The van der Waals surface area contributed by atoms with Gasteiger partial charge in [-0.1, -0.05) is 11.2 Å². The Bertz CT molecular complexity index is 1040. The minimum absolute atomic E-state index is 0.110. The Kier molecular flexibility index (Phi) is 4.62. The third kappa shape index (κ3) is 3.20. The van der Waals surface area contributed by atoms with E-state index in [2.05, 4.69) is 10.1 Å². The highest BCUT2D eigenvalue weighted by atomic mass is 32.2. The van der Waals surface area contributed by atoms with E-state index in [0.29, 0.717) is 36.3 Å². The zero-order valence-electron chi connectivity index (χ0n) is 14.7. The molecule has 3 aromatic rings. The lowest BCUT2D eigenvalue weighted by molar-refractivity contribution is 0.216. The first-order chi connectivity index (χ1) is 13.0. The lowest BCUT2D eigenvalue weighted by Gasteiger charge is -2.35. The van der Waals surface area contributed by atoms with Crippen LogP contribution in [0.3, 0.4) is 0 Å². The van der Waals surface area contributed by atoms with Gasteiger partial charge < -0.3 is 14.0 Å². The van der Waals surface area contributed by atoms with Crippen molar-refractivity contribution >= 4 is 21.4 Å². The predicted molar refractivity (Wildman–Crippen MR) is 98.7 cm³/mol. The third-order valence-corrected chi connectivity index (χ3v) is 7.07. The fourth-order valence-electron chi connectivity index (χ4n) is 2.82. The van der Waals surface area contributed by atoms with Gasteiger partial charge in [0.15, 0.2) is 11.5 Å². The van der Waals surface area contributed by atoms with E-state index in [-0.39, 0.29) is 10.8 Å². The lowest BCUT2D eigenvalue weighted by atomic mass is 10.0. The van der Waals surface area contributed by atoms with Crippen molar-refractivity contribution in [2.75, 3.05) is 27.3 Å². The molecule has 27 heavy (non-hydrogen) atoms. The summed E-state index contributed by atoms with van der Waals surface area (Å²) in [6, 6.07) is 8.37. The SMILES string of the molecule is COc1ccc(S(=O)(=O)N2CC(c3nc(-c4cccs4)no3)C2)cc1OC. The van der Waals surface area contributed by atoms with Crippen molar-refractivity contribution in [2.45, 2.75) is 10.8 Å². The molecular weight excluding hydrogens is 390 g/mol. The number of thiophene rings is 1. The molecule has 0 amide bonds. The Hall–Kier alpha value is -2.43. The number of aromatic nitrogens is 2. The van der Waals surface area contributed by atoms with Gasteiger partial charge in [0.25, 0.3) is 0 Å². The summed E-state index contributed by atoms with van der Waals surface area (Å²) in [5.74, 6) is 1.72. The summed E-state index contributed by atoms with van der Waals surface area (Å²) < 4.78 is 42.7. The van der Waals surface area contributed by atoms with Crippen LogP contribution in [0.5, 0.6) is 11.5 Å². The summed E-state index contributed by atoms with van der Waals surface area (Å²) in [5.41, 5.74) is 0. The molecular formula is C17H17N3O5S2. The van der Waals surface area contributed by atoms with Gasteiger partial charge in [-0.15, -0.1) is 11.3 Å². The van der Waals surface area contributed by atoms with Crippen molar-refractivity contribution in [2.24, 2.45) is 0 Å². The first kappa shape index (κ1) is 18.0. The van der Waals surface area contributed by atoms with Gasteiger partial charge in [-0.2, -0.15) is 9.29 Å². The van der Waals surface area contributed by atoms with Crippen molar-refractivity contribution in [1.29, 1.82) is 0 Å². The number of hydrogen-bond acceptors (Lipinski definition) is 8. The van der Waals surface area contributed by atoms with Crippen LogP contribution in [0.25, 0.3) is 10.7 Å². The lowest BCUT2D eigenvalue weighted by Crippen LogP contribution is -2.48. The van der Waals surface area contributed by atoms with E-state index in [0.717, 1.165) is 4.88 Å². The number of ether oxygens (including phenoxy) is 2. The molecule has 8 nitrogen and oxygen atoms in total. The molecule has 0 saturated carbocycles. The van der Waals surface area contributed by atoms with Gasteiger partial charge >= 0.3 is 0 Å². The Morgan fingerprint density at radius 3 is 2.63 bits per heavy atom. The van der Waals surface area contributed by atoms with E-state index in [1.54, 1.807) is 6.07 Å². The number of rotatable bonds is 6. The maximum absolute atomic E-state index is 12.8. The molecule has 2 aromatic heterocycles. The van der Waals surface area contributed by atoms with Crippen LogP contribution in [-0.2, 0) is 10.0 Å². The molecule has 0 unspecified atom stereocenters. The van der Waals surface area contributed by atoms with Gasteiger partial charge in [-0.05, 0) is 23.6 Å². The van der Waals surface area contributed by atoms with Gasteiger partial charge in [-0.25, -0.2) is 8.42 Å². The molecule has 0 atom stereocenters. The van der Waals surface area contributed by atoms with Crippen molar-refractivity contribution in [3.8, 4) is 22.2 Å². The average molecular weight is 407 g/mol. The fourth-order valence-corrected chi connectivity index (χ4v) is 5.02. The van der Waals surface area contributed by atoms with Crippen molar-refractivity contribution in [3.63, 3.8) is 0 Å². The summed E-state index contributed by atoms with van der Waals surface area (Å²) in [5, 5.41) is 5.91. The number of benzene rings is 1. The third-order valence-electron chi connectivity index (χ3n) is 4.37. The average Bonchev–Trinajstić information content (AvgIpc) is 3.31. The molecule has 4 rings (SSSR count). The van der Waals surface area contributed by atoms with Gasteiger partial charge in [0, 0.05) is 19.2 Å². The molecule has 0 N–H and O–H groups in total. The number of methoxy groups -OCH3 is 2. The molecule has 1 saturated heterocycles. The van der Waals surface area contributed by atoms with Crippen LogP contribution in [0.1, 0.15) is 11.8 Å². The number of sulfonamides is 1. The van der Waals surface area contributed by atoms with Crippen LogP contribution in [0.15, 0.2) is 45.1 Å². The van der Waals surface area contributed by atoms with Gasteiger partial charge in [0.05, 0.1) is 29.9 Å². The van der Waals surface area contributed by atoms with Crippen LogP contribution in [0, 0.1) is 0 Å². The van der Waals surface area contributed by atoms with Gasteiger partial charge in [-0.3, -0.25) is 0 Å². The highest BCUT2D eigenvalue weighted by Gasteiger charge is 2.40. The Morgan fingerprint density at radius 2 is 1.96 bits per heavy atom.